The maximum absolute atomic E-state index is 13.3. The normalized spacial score (nSPS) is 12.0. The zero-order valence-corrected chi connectivity index (χ0v) is 12.7. The van der Waals surface area contributed by atoms with Crippen molar-refractivity contribution < 1.29 is 4.39 Å². The highest BCUT2D eigenvalue weighted by atomic mass is 19.1. The van der Waals surface area contributed by atoms with Gasteiger partial charge in [-0.25, -0.2) is 14.4 Å². The van der Waals surface area contributed by atoms with Gasteiger partial charge in [-0.3, -0.25) is 0 Å². The van der Waals surface area contributed by atoms with Gasteiger partial charge in [-0.15, -0.1) is 0 Å². The fourth-order valence-corrected chi connectivity index (χ4v) is 2.07. The lowest BCUT2D eigenvalue weighted by Crippen LogP contribution is -2.11. The van der Waals surface area contributed by atoms with E-state index in [1.165, 1.54) is 12.1 Å². The molecule has 0 fully saturated rings. The Morgan fingerprint density at radius 3 is 2.67 bits per heavy atom. The van der Waals surface area contributed by atoms with Gasteiger partial charge in [-0.1, -0.05) is 19.1 Å². The lowest BCUT2D eigenvalue weighted by Gasteiger charge is -2.16. The summed E-state index contributed by atoms with van der Waals surface area (Å²) >= 11 is 0. The molecule has 4 nitrogen and oxygen atoms in total. The van der Waals surface area contributed by atoms with Crippen LogP contribution in [0.2, 0.25) is 0 Å². The van der Waals surface area contributed by atoms with Gasteiger partial charge in [0, 0.05) is 12.6 Å². The van der Waals surface area contributed by atoms with Crippen LogP contribution in [0.5, 0.6) is 0 Å². The standard InChI is InChI=1S/C16H21FN4/c1-4-8-18-15-10-16(21-12(3)20-15)19-11(2)13-6-5-7-14(17)9-13/h5-7,9-11H,4,8H2,1-3H3,(H2,18,19,20,21). The minimum absolute atomic E-state index is 0.0333. The number of benzene rings is 1. The van der Waals surface area contributed by atoms with E-state index in [1.807, 2.05) is 26.0 Å². The van der Waals surface area contributed by atoms with Crippen LogP contribution in [0.25, 0.3) is 0 Å². The van der Waals surface area contributed by atoms with Gasteiger partial charge in [0.25, 0.3) is 0 Å². The van der Waals surface area contributed by atoms with Crippen molar-refractivity contribution in [2.45, 2.75) is 33.2 Å². The molecular weight excluding hydrogens is 267 g/mol. The Kier molecular flexibility index (Phi) is 5.09. The van der Waals surface area contributed by atoms with Crippen LogP contribution in [-0.4, -0.2) is 16.5 Å². The van der Waals surface area contributed by atoms with Crippen LogP contribution in [-0.2, 0) is 0 Å². The first-order chi connectivity index (χ1) is 10.1. The number of nitrogens with zero attached hydrogens (tertiary/aromatic N) is 2. The monoisotopic (exact) mass is 288 g/mol. The van der Waals surface area contributed by atoms with Crippen molar-refractivity contribution in [1.29, 1.82) is 0 Å². The summed E-state index contributed by atoms with van der Waals surface area (Å²) in [5.41, 5.74) is 0.884. The van der Waals surface area contributed by atoms with Crippen molar-refractivity contribution >= 4 is 11.6 Å². The topological polar surface area (TPSA) is 49.8 Å². The van der Waals surface area contributed by atoms with Gasteiger partial charge in [0.15, 0.2) is 0 Å². The van der Waals surface area contributed by atoms with Crippen LogP contribution in [0.3, 0.4) is 0 Å². The lowest BCUT2D eigenvalue weighted by molar-refractivity contribution is 0.623. The molecular formula is C16H21FN4. The van der Waals surface area contributed by atoms with E-state index in [4.69, 9.17) is 0 Å². The van der Waals surface area contributed by atoms with E-state index < -0.39 is 0 Å². The van der Waals surface area contributed by atoms with Crippen LogP contribution in [0.15, 0.2) is 30.3 Å². The molecule has 0 amide bonds. The highest BCUT2D eigenvalue weighted by Crippen LogP contribution is 2.20. The summed E-state index contributed by atoms with van der Waals surface area (Å²) in [6.07, 6.45) is 1.03. The first-order valence-corrected chi connectivity index (χ1v) is 7.20. The summed E-state index contributed by atoms with van der Waals surface area (Å²) in [6.45, 7) is 6.81. The summed E-state index contributed by atoms with van der Waals surface area (Å²) in [7, 11) is 0. The number of hydrogen-bond acceptors (Lipinski definition) is 4. The molecule has 0 saturated heterocycles. The third-order valence-electron chi connectivity index (χ3n) is 3.11. The van der Waals surface area contributed by atoms with Crippen molar-refractivity contribution in [2.75, 3.05) is 17.2 Å². The molecule has 2 aromatic rings. The molecule has 0 bridgehead atoms. The van der Waals surface area contributed by atoms with E-state index >= 15 is 0 Å². The van der Waals surface area contributed by atoms with Crippen molar-refractivity contribution in [3.8, 4) is 0 Å². The molecule has 0 aliphatic carbocycles. The predicted octanol–water partition coefficient (Wildman–Crippen LogP) is 3.92. The van der Waals surface area contributed by atoms with E-state index in [9.17, 15) is 4.39 Å². The van der Waals surface area contributed by atoms with E-state index in [0.717, 1.165) is 30.2 Å². The van der Waals surface area contributed by atoms with E-state index in [-0.39, 0.29) is 11.9 Å². The maximum Gasteiger partial charge on any atom is 0.132 e. The zero-order chi connectivity index (χ0) is 15.2. The minimum Gasteiger partial charge on any atom is -0.370 e. The summed E-state index contributed by atoms with van der Waals surface area (Å²) in [4.78, 5) is 8.72. The molecule has 2 rings (SSSR count). The molecule has 0 aliphatic heterocycles. The molecule has 1 aromatic carbocycles. The van der Waals surface area contributed by atoms with Gasteiger partial charge in [-0.05, 0) is 38.0 Å². The van der Waals surface area contributed by atoms with E-state index in [2.05, 4.69) is 27.5 Å². The van der Waals surface area contributed by atoms with Crippen LogP contribution < -0.4 is 10.6 Å². The van der Waals surface area contributed by atoms with Crippen molar-refractivity contribution in [2.24, 2.45) is 0 Å². The molecule has 0 saturated carbocycles. The Balaban J connectivity index is 2.13. The molecule has 1 unspecified atom stereocenters. The number of anilines is 2. The van der Waals surface area contributed by atoms with Crippen LogP contribution in [0, 0.1) is 12.7 Å². The van der Waals surface area contributed by atoms with Crippen LogP contribution >= 0.6 is 0 Å². The summed E-state index contributed by atoms with van der Waals surface area (Å²) < 4.78 is 13.3. The van der Waals surface area contributed by atoms with E-state index in [0.29, 0.717) is 5.82 Å². The molecule has 21 heavy (non-hydrogen) atoms. The third kappa shape index (κ3) is 4.41. The second-order valence-corrected chi connectivity index (χ2v) is 5.03. The van der Waals surface area contributed by atoms with Gasteiger partial charge >= 0.3 is 0 Å². The van der Waals surface area contributed by atoms with Crippen LogP contribution in [0.4, 0.5) is 16.0 Å². The summed E-state index contributed by atoms with van der Waals surface area (Å²) in [6, 6.07) is 8.42. The first kappa shape index (κ1) is 15.2. The van der Waals surface area contributed by atoms with Gasteiger partial charge in [-0.2, -0.15) is 0 Å². The van der Waals surface area contributed by atoms with Crippen molar-refractivity contribution in [3.05, 3.63) is 47.5 Å². The molecule has 5 heteroatoms. The Hall–Kier alpha value is -2.17. The Labute approximate surface area is 124 Å². The number of aromatic nitrogens is 2. The van der Waals surface area contributed by atoms with Crippen molar-refractivity contribution in [3.63, 3.8) is 0 Å². The fraction of sp³-hybridized carbons (Fsp3) is 0.375. The number of rotatable bonds is 6. The molecule has 1 aromatic heterocycles. The smallest absolute Gasteiger partial charge is 0.132 e. The van der Waals surface area contributed by atoms with Gasteiger partial charge < -0.3 is 10.6 Å². The molecule has 0 spiro atoms. The lowest BCUT2D eigenvalue weighted by atomic mass is 10.1. The second-order valence-electron chi connectivity index (χ2n) is 5.03. The van der Waals surface area contributed by atoms with Crippen LogP contribution in [0.1, 0.15) is 37.7 Å². The Bertz CT molecular complexity index is 601. The van der Waals surface area contributed by atoms with Gasteiger partial charge in [0.2, 0.25) is 0 Å². The van der Waals surface area contributed by atoms with E-state index in [1.54, 1.807) is 6.07 Å². The summed E-state index contributed by atoms with van der Waals surface area (Å²) in [5.74, 6) is 2.01. The highest BCUT2D eigenvalue weighted by Gasteiger charge is 2.08. The molecule has 2 N–H and O–H groups in total. The third-order valence-corrected chi connectivity index (χ3v) is 3.11. The quantitative estimate of drug-likeness (QED) is 0.846. The largest absolute Gasteiger partial charge is 0.370 e. The van der Waals surface area contributed by atoms with Gasteiger partial charge in [0.05, 0.1) is 6.04 Å². The number of halogens is 1. The molecule has 1 atom stereocenters. The SMILES string of the molecule is CCCNc1cc(NC(C)c2cccc(F)c2)nc(C)n1. The number of hydrogen-bond donors (Lipinski definition) is 2. The average Bonchev–Trinajstić information content (AvgIpc) is 2.44. The average molecular weight is 288 g/mol. The second kappa shape index (κ2) is 7.02. The zero-order valence-electron chi connectivity index (χ0n) is 12.7. The molecule has 0 aliphatic rings. The maximum atomic E-state index is 13.3. The minimum atomic E-state index is -0.231. The molecule has 1 heterocycles. The Morgan fingerprint density at radius 2 is 1.95 bits per heavy atom. The summed E-state index contributed by atoms with van der Waals surface area (Å²) in [5, 5.41) is 6.53. The highest BCUT2D eigenvalue weighted by molar-refractivity contribution is 5.48. The number of nitrogens with one attached hydrogen (secondary N) is 2. The predicted molar refractivity (Wildman–Crippen MR) is 84.0 cm³/mol. The number of aryl methyl sites for hydroxylation is 1. The fourth-order valence-electron chi connectivity index (χ4n) is 2.07. The van der Waals surface area contributed by atoms with Crippen molar-refractivity contribution in [1.82, 2.24) is 9.97 Å². The molecule has 0 radical (unpaired) electrons. The molecule has 112 valence electrons. The Morgan fingerprint density at radius 1 is 1.19 bits per heavy atom. The first-order valence-electron chi connectivity index (χ1n) is 7.20. The van der Waals surface area contributed by atoms with Gasteiger partial charge in [0.1, 0.15) is 23.3 Å².